The van der Waals surface area contributed by atoms with Gasteiger partial charge in [0.2, 0.25) is 0 Å². The van der Waals surface area contributed by atoms with Crippen molar-refractivity contribution in [2.75, 3.05) is 7.11 Å². The topological polar surface area (TPSA) is 65.1 Å². The molecule has 1 fully saturated rings. The first-order valence-corrected chi connectivity index (χ1v) is 7.26. The summed E-state index contributed by atoms with van der Waals surface area (Å²) in [7, 11) is 1.79. The highest BCUT2D eigenvalue weighted by atomic mass is 16.5. The molecule has 1 atom stereocenters. The summed E-state index contributed by atoms with van der Waals surface area (Å²) >= 11 is 0. The molecule has 1 aromatic rings. The normalized spacial score (nSPS) is 19.2. The predicted octanol–water partition coefficient (Wildman–Crippen LogP) is 1.41. The van der Waals surface area contributed by atoms with Gasteiger partial charge in [0.25, 0.3) is 0 Å². The summed E-state index contributed by atoms with van der Waals surface area (Å²) in [6.45, 7) is 5.15. The van der Waals surface area contributed by atoms with Crippen LogP contribution in [0.15, 0.2) is 6.07 Å². The Morgan fingerprint density at radius 1 is 1.53 bits per heavy atom. The maximum Gasteiger partial charge on any atom is 0.0848 e. The van der Waals surface area contributed by atoms with E-state index in [0.29, 0.717) is 0 Å². The highest BCUT2D eigenvalue weighted by Gasteiger charge is 2.44. The number of nitrogens with two attached hydrogens (primary N) is 1. The summed E-state index contributed by atoms with van der Waals surface area (Å²) < 4.78 is 7.81. The molecule has 5 nitrogen and oxygen atoms in total. The molecule has 1 aliphatic carbocycles. The molecule has 1 heterocycles. The van der Waals surface area contributed by atoms with Crippen LogP contribution in [0.1, 0.15) is 44.5 Å². The number of rotatable bonds is 7. The summed E-state index contributed by atoms with van der Waals surface area (Å²) in [6.07, 6.45) is 5.22. The SMILES string of the molecule is CCc1cc(CC(NN)C2(OC)CCC2)n(CC)n1. The van der Waals surface area contributed by atoms with Crippen molar-refractivity contribution in [3.05, 3.63) is 17.5 Å². The Morgan fingerprint density at radius 2 is 2.26 bits per heavy atom. The van der Waals surface area contributed by atoms with Crippen LogP contribution in [0.4, 0.5) is 0 Å². The van der Waals surface area contributed by atoms with Gasteiger partial charge in [-0.05, 0) is 38.7 Å². The minimum absolute atomic E-state index is 0.0933. The van der Waals surface area contributed by atoms with Crippen LogP contribution in [0.5, 0.6) is 0 Å². The van der Waals surface area contributed by atoms with E-state index in [9.17, 15) is 0 Å². The molecule has 0 aromatic carbocycles. The van der Waals surface area contributed by atoms with Gasteiger partial charge >= 0.3 is 0 Å². The number of hydrazine groups is 1. The number of hydrogen-bond donors (Lipinski definition) is 2. The fraction of sp³-hybridized carbons (Fsp3) is 0.786. The molecular weight excluding hydrogens is 240 g/mol. The van der Waals surface area contributed by atoms with Crippen molar-refractivity contribution in [1.29, 1.82) is 0 Å². The molecule has 0 bridgehead atoms. The van der Waals surface area contributed by atoms with E-state index < -0.39 is 0 Å². The van der Waals surface area contributed by atoms with Crippen molar-refractivity contribution >= 4 is 0 Å². The zero-order valence-electron chi connectivity index (χ0n) is 12.3. The highest BCUT2D eigenvalue weighted by Crippen LogP contribution is 2.39. The second kappa shape index (κ2) is 6.03. The molecule has 1 aliphatic rings. The number of nitrogens with one attached hydrogen (secondary N) is 1. The number of ether oxygens (including phenoxy) is 1. The number of aromatic nitrogens is 2. The largest absolute Gasteiger partial charge is 0.377 e. The van der Waals surface area contributed by atoms with Crippen molar-refractivity contribution in [3.63, 3.8) is 0 Å². The van der Waals surface area contributed by atoms with Gasteiger partial charge in [0.15, 0.2) is 0 Å². The Kier molecular flexibility index (Phi) is 4.60. The maximum atomic E-state index is 5.76. The van der Waals surface area contributed by atoms with Gasteiger partial charge in [0.1, 0.15) is 0 Å². The van der Waals surface area contributed by atoms with Crippen molar-refractivity contribution < 1.29 is 4.74 Å². The lowest BCUT2D eigenvalue weighted by Gasteiger charge is -2.46. The predicted molar refractivity (Wildman–Crippen MR) is 75.7 cm³/mol. The van der Waals surface area contributed by atoms with Crippen LogP contribution in [0, 0.1) is 0 Å². The second-order valence-electron chi connectivity index (χ2n) is 5.34. The smallest absolute Gasteiger partial charge is 0.0848 e. The van der Waals surface area contributed by atoms with Gasteiger partial charge in [-0.3, -0.25) is 16.0 Å². The zero-order valence-corrected chi connectivity index (χ0v) is 12.3. The molecule has 19 heavy (non-hydrogen) atoms. The van der Waals surface area contributed by atoms with Gasteiger partial charge in [0.05, 0.1) is 17.3 Å². The molecule has 0 amide bonds. The molecule has 2 rings (SSSR count). The van der Waals surface area contributed by atoms with Crippen LogP contribution >= 0.6 is 0 Å². The van der Waals surface area contributed by atoms with Gasteiger partial charge < -0.3 is 4.74 Å². The minimum atomic E-state index is -0.0933. The monoisotopic (exact) mass is 266 g/mol. The maximum absolute atomic E-state index is 5.76. The quantitative estimate of drug-likeness (QED) is 0.578. The molecule has 0 saturated heterocycles. The van der Waals surface area contributed by atoms with E-state index in [1.54, 1.807) is 7.11 Å². The number of hydrogen-bond acceptors (Lipinski definition) is 4. The van der Waals surface area contributed by atoms with Crippen LogP contribution in [-0.2, 0) is 24.1 Å². The molecule has 0 spiro atoms. The first-order valence-electron chi connectivity index (χ1n) is 7.26. The van der Waals surface area contributed by atoms with E-state index in [1.165, 1.54) is 12.1 Å². The third kappa shape index (κ3) is 2.68. The zero-order chi connectivity index (χ0) is 13.9. The molecular formula is C14H26N4O. The van der Waals surface area contributed by atoms with Gasteiger partial charge in [-0.25, -0.2) is 0 Å². The first kappa shape index (κ1) is 14.5. The summed E-state index contributed by atoms with van der Waals surface area (Å²) in [5.74, 6) is 5.76. The molecule has 1 saturated carbocycles. The number of aryl methyl sites for hydroxylation is 2. The Labute approximate surface area is 115 Å². The Hall–Kier alpha value is -0.910. The molecule has 5 heteroatoms. The lowest BCUT2D eigenvalue weighted by Crippen LogP contribution is -2.59. The van der Waals surface area contributed by atoms with E-state index in [4.69, 9.17) is 10.6 Å². The highest BCUT2D eigenvalue weighted by molar-refractivity contribution is 5.14. The van der Waals surface area contributed by atoms with Gasteiger partial charge in [-0.1, -0.05) is 6.92 Å². The molecule has 0 aliphatic heterocycles. The average molecular weight is 266 g/mol. The van der Waals surface area contributed by atoms with E-state index in [1.807, 2.05) is 0 Å². The molecule has 3 N–H and O–H groups in total. The van der Waals surface area contributed by atoms with Crippen LogP contribution < -0.4 is 11.3 Å². The number of nitrogens with zero attached hydrogens (tertiary/aromatic N) is 2. The van der Waals surface area contributed by atoms with Crippen molar-refractivity contribution in [2.24, 2.45) is 5.84 Å². The summed E-state index contributed by atoms with van der Waals surface area (Å²) in [6, 6.07) is 2.34. The van der Waals surface area contributed by atoms with Crippen molar-refractivity contribution in [1.82, 2.24) is 15.2 Å². The van der Waals surface area contributed by atoms with Crippen LogP contribution in [0.3, 0.4) is 0 Å². The molecule has 108 valence electrons. The van der Waals surface area contributed by atoms with Crippen LogP contribution in [0.2, 0.25) is 0 Å². The van der Waals surface area contributed by atoms with Crippen LogP contribution in [-0.4, -0.2) is 28.5 Å². The number of methoxy groups -OCH3 is 1. The van der Waals surface area contributed by atoms with Crippen molar-refractivity contribution in [2.45, 2.75) is 64.1 Å². The lowest BCUT2D eigenvalue weighted by molar-refractivity contribution is -0.0985. The molecule has 1 aromatic heterocycles. The van der Waals surface area contributed by atoms with Gasteiger partial charge in [-0.15, -0.1) is 0 Å². The fourth-order valence-corrected chi connectivity index (χ4v) is 2.95. The molecule has 0 radical (unpaired) electrons. The van der Waals surface area contributed by atoms with E-state index in [-0.39, 0.29) is 11.6 Å². The van der Waals surface area contributed by atoms with Gasteiger partial charge in [0, 0.05) is 25.8 Å². The minimum Gasteiger partial charge on any atom is -0.377 e. The van der Waals surface area contributed by atoms with Gasteiger partial charge in [-0.2, -0.15) is 5.10 Å². The third-order valence-electron chi connectivity index (χ3n) is 4.43. The first-order chi connectivity index (χ1) is 9.19. The average Bonchev–Trinajstić information content (AvgIpc) is 2.79. The second-order valence-corrected chi connectivity index (χ2v) is 5.34. The fourth-order valence-electron chi connectivity index (χ4n) is 2.95. The van der Waals surface area contributed by atoms with Crippen molar-refractivity contribution in [3.8, 4) is 0 Å². The van der Waals surface area contributed by atoms with E-state index in [0.717, 1.165) is 37.9 Å². The lowest BCUT2D eigenvalue weighted by atomic mass is 9.73. The standard InChI is InChI=1S/C14H26N4O/c1-4-11-9-12(18(5-2)17-11)10-13(16-15)14(19-3)7-6-8-14/h9,13,16H,4-8,10,15H2,1-3H3. The molecule has 1 unspecified atom stereocenters. The third-order valence-corrected chi connectivity index (χ3v) is 4.43. The Morgan fingerprint density at radius 3 is 2.68 bits per heavy atom. The summed E-state index contributed by atoms with van der Waals surface area (Å²) in [5.41, 5.74) is 5.25. The van der Waals surface area contributed by atoms with E-state index >= 15 is 0 Å². The van der Waals surface area contributed by atoms with E-state index in [2.05, 4.69) is 35.1 Å². The summed E-state index contributed by atoms with van der Waals surface area (Å²) in [5, 5.41) is 4.59. The Bertz CT molecular complexity index is 406. The summed E-state index contributed by atoms with van der Waals surface area (Å²) in [4.78, 5) is 0. The van der Waals surface area contributed by atoms with Crippen LogP contribution in [0.25, 0.3) is 0 Å². The Balaban J connectivity index is 2.15.